The van der Waals surface area contributed by atoms with Crippen LogP contribution in [-0.2, 0) is 17.6 Å². The van der Waals surface area contributed by atoms with Gasteiger partial charge in [-0.05, 0) is 42.2 Å². The number of aromatic amines is 1. The van der Waals surface area contributed by atoms with Gasteiger partial charge in [0.05, 0.1) is 18.0 Å². The Balaban J connectivity index is 1.62. The van der Waals surface area contributed by atoms with Gasteiger partial charge in [-0.2, -0.15) is 0 Å². The van der Waals surface area contributed by atoms with Gasteiger partial charge in [-0.15, -0.1) is 0 Å². The minimum absolute atomic E-state index is 0.00608. The van der Waals surface area contributed by atoms with Crippen molar-refractivity contribution in [2.45, 2.75) is 31.9 Å². The molecule has 0 fully saturated rings. The van der Waals surface area contributed by atoms with E-state index in [4.69, 9.17) is 5.11 Å². The van der Waals surface area contributed by atoms with E-state index in [0.29, 0.717) is 23.0 Å². The zero-order valence-corrected chi connectivity index (χ0v) is 16.1. The minimum atomic E-state index is -0.854. The number of nitrogens with one attached hydrogen (secondary N) is 2. The topological polar surface area (TPSA) is 123 Å². The standard InChI is InChI=1S/C22H24N2O5/c1-13(10-14-2-4-15(5-3-14)11-21(28)29)23-12-19(26)16-6-8-18(25)22-17(16)7-9-20(27)24-22/h2-9,13,19,23,25-26H,10-12H2,1H3,(H,24,27)(H,28,29). The first kappa shape index (κ1) is 20.6. The number of carbonyl (C=O) groups is 1. The number of aliphatic carboxylic acids is 1. The van der Waals surface area contributed by atoms with Crippen molar-refractivity contribution in [1.29, 1.82) is 0 Å². The largest absolute Gasteiger partial charge is 0.506 e. The molecular weight excluding hydrogens is 372 g/mol. The number of rotatable bonds is 8. The Morgan fingerprint density at radius 3 is 2.45 bits per heavy atom. The van der Waals surface area contributed by atoms with Gasteiger partial charge in [0.1, 0.15) is 5.75 Å². The lowest BCUT2D eigenvalue weighted by atomic mass is 10.0. The Morgan fingerprint density at radius 2 is 1.76 bits per heavy atom. The van der Waals surface area contributed by atoms with Crippen LogP contribution in [0.15, 0.2) is 53.3 Å². The van der Waals surface area contributed by atoms with E-state index in [0.717, 1.165) is 17.5 Å². The molecule has 2 aromatic carbocycles. The maximum absolute atomic E-state index is 11.5. The van der Waals surface area contributed by atoms with E-state index < -0.39 is 12.1 Å². The zero-order valence-electron chi connectivity index (χ0n) is 16.1. The van der Waals surface area contributed by atoms with Crippen molar-refractivity contribution < 1.29 is 20.1 Å². The molecule has 2 unspecified atom stereocenters. The third-order valence-corrected chi connectivity index (χ3v) is 4.85. The molecule has 0 aliphatic carbocycles. The molecule has 0 spiro atoms. The Hall–Kier alpha value is -3.16. The first-order chi connectivity index (χ1) is 13.8. The van der Waals surface area contributed by atoms with E-state index in [1.807, 2.05) is 31.2 Å². The smallest absolute Gasteiger partial charge is 0.307 e. The zero-order chi connectivity index (χ0) is 21.0. The highest BCUT2D eigenvalue weighted by Crippen LogP contribution is 2.28. The van der Waals surface area contributed by atoms with Crippen LogP contribution in [0.3, 0.4) is 0 Å². The lowest BCUT2D eigenvalue weighted by Crippen LogP contribution is -2.32. The minimum Gasteiger partial charge on any atom is -0.506 e. The summed E-state index contributed by atoms with van der Waals surface area (Å²) in [7, 11) is 0. The molecule has 0 saturated heterocycles. The van der Waals surface area contributed by atoms with Crippen LogP contribution in [0.1, 0.15) is 29.7 Å². The summed E-state index contributed by atoms with van der Waals surface area (Å²) in [6, 6.07) is 13.6. The van der Waals surface area contributed by atoms with E-state index in [2.05, 4.69) is 10.3 Å². The van der Waals surface area contributed by atoms with Gasteiger partial charge in [0.2, 0.25) is 5.56 Å². The lowest BCUT2D eigenvalue weighted by molar-refractivity contribution is -0.136. The summed E-state index contributed by atoms with van der Waals surface area (Å²) in [4.78, 5) is 24.9. The SMILES string of the molecule is CC(Cc1ccc(CC(=O)O)cc1)NCC(O)c1ccc(O)c2[nH]c(=O)ccc12. The number of phenolic OH excluding ortho intramolecular Hbond substituents is 1. The van der Waals surface area contributed by atoms with Gasteiger partial charge in [0.25, 0.3) is 0 Å². The van der Waals surface area contributed by atoms with Crippen molar-refractivity contribution in [3.63, 3.8) is 0 Å². The van der Waals surface area contributed by atoms with Gasteiger partial charge < -0.3 is 25.6 Å². The normalized spacial score (nSPS) is 13.3. The molecule has 29 heavy (non-hydrogen) atoms. The van der Waals surface area contributed by atoms with Gasteiger partial charge in [-0.25, -0.2) is 0 Å². The van der Waals surface area contributed by atoms with Crippen molar-refractivity contribution in [3.05, 3.63) is 75.6 Å². The number of aromatic nitrogens is 1. The summed E-state index contributed by atoms with van der Waals surface area (Å²) >= 11 is 0. The summed E-state index contributed by atoms with van der Waals surface area (Å²) < 4.78 is 0. The Morgan fingerprint density at radius 1 is 1.07 bits per heavy atom. The van der Waals surface area contributed by atoms with Gasteiger partial charge >= 0.3 is 5.97 Å². The first-order valence-electron chi connectivity index (χ1n) is 9.39. The molecule has 7 heteroatoms. The Kier molecular flexibility index (Phi) is 6.31. The summed E-state index contributed by atoms with van der Waals surface area (Å²) in [5.41, 5.74) is 2.44. The number of aromatic hydroxyl groups is 1. The molecule has 0 bridgehead atoms. The average molecular weight is 396 g/mol. The molecule has 7 nitrogen and oxygen atoms in total. The summed E-state index contributed by atoms with van der Waals surface area (Å²) in [5.74, 6) is -0.895. The predicted octanol–water partition coefficient (Wildman–Crippen LogP) is 2.11. The second kappa shape index (κ2) is 8.89. The maximum Gasteiger partial charge on any atom is 0.307 e. The van der Waals surface area contributed by atoms with E-state index >= 15 is 0 Å². The number of hydrogen-bond donors (Lipinski definition) is 5. The first-order valence-corrected chi connectivity index (χ1v) is 9.39. The van der Waals surface area contributed by atoms with E-state index in [1.165, 1.54) is 12.1 Å². The number of carboxylic acid groups (broad SMARTS) is 1. The molecule has 0 aliphatic heterocycles. The Bertz CT molecular complexity index is 1060. The molecule has 3 aromatic rings. The van der Waals surface area contributed by atoms with Crippen LogP contribution in [-0.4, -0.2) is 38.9 Å². The molecule has 0 radical (unpaired) electrons. The van der Waals surface area contributed by atoms with E-state index in [9.17, 15) is 19.8 Å². The quantitative estimate of drug-likeness (QED) is 0.397. The Labute approximate surface area is 167 Å². The fourth-order valence-electron chi connectivity index (χ4n) is 3.37. The van der Waals surface area contributed by atoms with Gasteiger partial charge in [-0.1, -0.05) is 30.3 Å². The number of pyridine rings is 1. The van der Waals surface area contributed by atoms with Gasteiger partial charge in [0.15, 0.2) is 0 Å². The molecule has 0 saturated carbocycles. The highest BCUT2D eigenvalue weighted by Gasteiger charge is 2.15. The van der Waals surface area contributed by atoms with Gasteiger partial charge in [-0.3, -0.25) is 9.59 Å². The molecule has 2 atom stereocenters. The van der Waals surface area contributed by atoms with Gasteiger partial charge in [0, 0.05) is 24.0 Å². The number of phenols is 1. The van der Waals surface area contributed by atoms with Crippen LogP contribution in [0, 0.1) is 0 Å². The fraction of sp³-hybridized carbons (Fsp3) is 0.273. The van der Waals surface area contributed by atoms with Crippen LogP contribution in [0.25, 0.3) is 10.9 Å². The maximum atomic E-state index is 11.5. The number of H-pyrrole nitrogens is 1. The van der Waals surface area contributed by atoms with Crippen molar-refractivity contribution >= 4 is 16.9 Å². The molecule has 3 rings (SSSR count). The van der Waals surface area contributed by atoms with Crippen molar-refractivity contribution in [1.82, 2.24) is 10.3 Å². The number of aliphatic hydroxyl groups is 1. The van der Waals surface area contributed by atoms with Crippen molar-refractivity contribution in [2.75, 3.05) is 6.54 Å². The molecule has 1 aromatic heterocycles. The number of fused-ring (bicyclic) bond motifs is 1. The molecule has 5 N–H and O–H groups in total. The van der Waals surface area contributed by atoms with Crippen molar-refractivity contribution in [3.8, 4) is 5.75 Å². The third kappa shape index (κ3) is 5.22. The number of aliphatic hydroxyl groups excluding tert-OH is 1. The fourth-order valence-corrected chi connectivity index (χ4v) is 3.37. The molecule has 0 amide bonds. The van der Waals surface area contributed by atoms with E-state index in [1.54, 1.807) is 12.1 Å². The highest BCUT2D eigenvalue weighted by molar-refractivity contribution is 5.87. The summed E-state index contributed by atoms with van der Waals surface area (Å²) in [6.45, 7) is 2.31. The molecule has 1 heterocycles. The van der Waals surface area contributed by atoms with Crippen LogP contribution in [0.2, 0.25) is 0 Å². The van der Waals surface area contributed by atoms with Crippen LogP contribution in [0.5, 0.6) is 5.75 Å². The average Bonchev–Trinajstić information content (AvgIpc) is 2.68. The summed E-state index contributed by atoms with van der Waals surface area (Å²) in [6.07, 6.45) is -0.0834. The van der Waals surface area contributed by atoms with Crippen LogP contribution < -0.4 is 10.9 Å². The van der Waals surface area contributed by atoms with Crippen molar-refractivity contribution in [2.24, 2.45) is 0 Å². The van der Waals surface area contributed by atoms with E-state index in [-0.39, 0.29) is 23.8 Å². The van der Waals surface area contributed by atoms with Crippen LogP contribution >= 0.6 is 0 Å². The molecule has 0 aliphatic rings. The summed E-state index contributed by atoms with van der Waals surface area (Å²) in [5, 5.41) is 33.3. The monoisotopic (exact) mass is 396 g/mol. The number of carboxylic acids is 1. The second-order valence-electron chi connectivity index (χ2n) is 7.20. The predicted molar refractivity (Wildman–Crippen MR) is 110 cm³/mol. The number of hydrogen-bond acceptors (Lipinski definition) is 5. The molecule has 152 valence electrons. The third-order valence-electron chi connectivity index (χ3n) is 4.85. The second-order valence-corrected chi connectivity index (χ2v) is 7.20. The highest BCUT2D eigenvalue weighted by atomic mass is 16.4. The molecular formula is C22H24N2O5. The number of benzene rings is 2. The lowest BCUT2D eigenvalue weighted by Gasteiger charge is -2.19. The van der Waals surface area contributed by atoms with Crippen LogP contribution in [0.4, 0.5) is 0 Å².